The van der Waals surface area contributed by atoms with Crippen LogP contribution in [0.15, 0.2) is 33.6 Å². The highest BCUT2D eigenvalue weighted by Gasteiger charge is 1.98. The van der Waals surface area contributed by atoms with Gasteiger partial charge in [0, 0.05) is 5.27 Å². The van der Waals surface area contributed by atoms with Crippen molar-refractivity contribution >= 4 is 11.0 Å². The van der Waals surface area contributed by atoms with Gasteiger partial charge in [0.1, 0.15) is 0 Å². The summed E-state index contributed by atoms with van der Waals surface area (Å²) >= 11 is 0. The molecule has 0 N–H and O–H groups in total. The summed E-state index contributed by atoms with van der Waals surface area (Å²) in [7, 11) is 0. The summed E-state index contributed by atoms with van der Waals surface area (Å²) in [5, 5.41) is 6.87. The number of para-hydroxylation sites is 1. The Morgan fingerprint density at radius 3 is 2.91 bits per heavy atom. The van der Waals surface area contributed by atoms with Crippen LogP contribution >= 0.6 is 0 Å². The third-order valence-electron chi connectivity index (χ3n) is 1.39. The SMILES string of the molecule is O=c1nnoc2ccccc12. The maximum absolute atomic E-state index is 10.9. The third-order valence-corrected chi connectivity index (χ3v) is 1.39. The molecule has 0 saturated heterocycles. The van der Waals surface area contributed by atoms with E-state index in [4.69, 9.17) is 4.52 Å². The summed E-state index contributed by atoms with van der Waals surface area (Å²) in [5.41, 5.74) is 0.111. The molecule has 0 unspecified atom stereocenters. The van der Waals surface area contributed by atoms with Crippen molar-refractivity contribution in [1.29, 1.82) is 0 Å². The number of aromatic nitrogens is 2. The average molecular weight is 148 g/mol. The van der Waals surface area contributed by atoms with Gasteiger partial charge in [-0.1, -0.05) is 17.2 Å². The second-order valence-corrected chi connectivity index (χ2v) is 2.07. The lowest BCUT2D eigenvalue weighted by molar-refractivity contribution is 0.395. The molecule has 4 heteroatoms. The largest absolute Gasteiger partial charge is 0.338 e. The molecule has 0 atom stereocenters. The number of hydrogen-bond acceptors (Lipinski definition) is 4. The van der Waals surface area contributed by atoms with E-state index < -0.39 is 0 Å². The van der Waals surface area contributed by atoms with Crippen molar-refractivity contribution in [2.24, 2.45) is 0 Å². The maximum Gasteiger partial charge on any atom is 0.302 e. The third kappa shape index (κ3) is 0.881. The molecule has 1 aromatic heterocycles. The van der Waals surface area contributed by atoms with Gasteiger partial charge < -0.3 is 4.52 Å². The van der Waals surface area contributed by atoms with Crippen LogP contribution in [0.2, 0.25) is 0 Å². The molecule has 0 saturated carbocycles. The zero-order valence-corrected chi connectivity index (χ0v) is 5.52. The fourth-order valence-corrected chi connectivity index (χ4v) is 0.878. The Kier molecular flexibility index (Phi) is 1.18. The second kappa shape index (κ2) is 2.16. The van der Waals surface area contributed by atoms with Crippen LogP contribution in [0.3, 0.4) is 0 Å². The standard InChI is InChI=1S/C7H4N2O2/c10-7-5-3-1-2-4-6(5)11-9-8-7/h1-4H. The van der Waals surface area contributed by atoms with Crippen LogP contribution < -0.4 is 5.56 Å². The molecule has 0 aliphatic heterocycles. The maximum atomic E-state index is 10.9. The van der Waals surface area contributed by atoms with E-state index in [1.807, 2.05) is 0 Å². The van der Waals surface area contributed by atoms with E-state index in [1.54, 1.807) is 24.3 Å². The van der Waals surface area contributed by atoms with Gasteiger partial charge >= 0.3 is 5.56 Å². The first-order chi connectivity index (χ1) is 5.38. The van der Waals surface area contributed by atoms with Gasteiger partial charge in [0.15, 0.2) is 5.58 Å². The zero-order valence-electron chi connectivity index (χ0n) is 5.52. The zero-order chi connectivity index (χ0) is 7.68. The molecular weight excluding hydrogens is 144 g/mol. The fraction of sp³-hybridized carbons (Fsp3) is 0. The predicted molar refractivity (Wildman–Crippen MR) is 38.1 cm³/mol. The Hall–Kier alpha value is -1.71. The number of rotatable bonds is 0. The van der Waals surface area contributed by atoms with E-state index >= 15 is 0 Å². The van der Waals surface area contributed by atoms with E-state index in [0.29, 0.717) is 11.0 Å². The number of benzene rings is 1. The summed E-state index contributed by atoms with van der Waals surface area (Å²) in [6.07, 6.45) is 0. The number of fused-ring (bicyclic) bond motifs is 1. The van der Waals surface area contributed by atoms with Crippen molar-refractivity contribution in [3.05, 3.63) is 34.6 Å². The lowest BCUT2D eigenvalue weighted by atomic mass is 10.3. The number of hydrogen-bond donors (Lipinski definition) is 0. The molecule has 0 radical (unpaired) electrons. The molecule has 11 heavy (non-hydrogen) atoms. The van der Waals surface area contributed by atoms with Gasteiger partial charge in [-0.05, 0) is 12.1 Å². The molecule has 0 spiro atoms. The normalized spacial score (nSPS) is 10.2. The summed E-state index contributed by atoms with van der Waals surface area (Å²) in [4.78, 5) is 10.9. The van der Waals surface area contributed by atoms with E-state index in [9.17, 15) is 4.79 Å². The molecule has 2 rings (SSSR count). The van der Waals surface area contributed by atoms with Gasteiger partial charge in [-0.3, -0.25) is 4.79 Å². The van der Waals surface area contributed by atoms with Crippen molar-refractivity contribution in [2.75, 3.05) is 0 Å². The van der Waals surface area contributed by atoms with Gasteiger partial charge in [0.05, 0.1) is 5.39 Å². The van der Waals surface area contributed by atoms with Crippen molar-refractivity contribution in [3.8, 4) is 0 Å². The molecule has 2 aromatic rings. The van der Waals surface area contributed by atoms with Crippen LogP contribution in [-0.2, 0) is 0 Å². The van der Waals surface area contributed by atoms with Gasteiger partial charge in [-0.15, -0.1) is 0 Å². The average Bonchev–Trinajstić information content (AvgIpc) is 2.06. The summed E-state index contributed by atoms with van der Waals surface area (Å²) in [5.74, 6) is 0. The lowest BCUT2D eigenvalue weighted by Gasteiger charge is -1.88. The molecule has 0 amide bonds. The Morgan fingerprint density at radius 1 is 1.27 bits per heavy atom. The van der Waals surface area contributed by atoms with E-state index in [-0.39, 0.29) is 5.56 Å². The van der Waals surface area contributed by atoms with E-state index in [1.165, 1.54) is 0 Å². The summed E-state index contributed by atoms with van der Waals surface area (Å²) in [6.45, 7) is 0. The minimum Gasteiger partial charge on any atom is -0.338 e. The first kappa shape index (κ1) is 6.03. The van der Waals surface area contributed by atoms with Crippen molar-refractivity contribution in [2.45, 2.75) is 0 Å². The van der Waals surface area contributed by atoms with Crippen LogP contribution in [0.25, 0.3) is 11.0 Å². The molecular formula is C7H4N2O2. The van der Waals surface area contributed by atoms with Crippen LogP contribution in [0.1, 0.15) is 0 Å². The first-order valence-electron chi connectivity index (χ1n) is 3.09. The van der Waals surface area contributed by atoms with Crippen LogP contribution in [0.5, 0.6) is 0 Å². The highest BCUT2D eigenvalue weighted by Crippen LogP contribution is 2.04. The van der Waals surface area contributed by atoms with Crippen LogP contribution in [-0.4, -0.2) is 10.4 Å². The second-order valence-electron chi connectivity index (χ2n) is 2.07. The van der Waals surface area contributed by atoms with Crippen molar-refractivity contribution in [1.82, 2.24) is 10.4 Å². The lowest BCUT2D eigenvalue weighted by Crippen LogP contribution is -2.06. The smallest absolute Gasteiger partial charge is 0.302 e. The minimum atomic E-state index is -0.355. The fourth-order valence-electron chi connectivity index (χ4n) is 0.878. The minimum absolute atomic E-state index is 0.355. The Bertz CT molecular complexity index is 430. The van der Waals surface area contributed by atoms with Crippen molar-refractivity contribution in [3.63, 3.8) is 0 Å². The first-order valence-corrected chi connectivity index (χ1v) is 3.09. The van der Waals surface area contributed by atoms with Crippen LogP contribution in [0, 0.1) is 0 Å². The quantitative estimate of drug-likeness (QED) is 0.548. The van der Waals surface area contributed by atoms with E-state index in [2.05, 4.69) is 10.4 Å². The highest BCUT2D eigenvalue weighted by molar-refractivity contribution is 5.74. The van der Waals surface area contributed by atoms with Gasteiger partial charge in [-0.25, -0.2) is 0 Å². The van der Waals surface area contributed by atoms with Gasteiger partial charge in [0.2, 0.25) is 0 Å². The Labute approximate surface area is 61.4 Å². The van der Waals surface area contributed by atoms with Gasteiger partial charge in [0.25, 0.3) is 0 Å². The van der Waals surface area contributed by atoms with Gasteiger partial charge in [-0.2, -0.15) is 0 Å². The molecule has 0 aliphatic rings. The molecule has 0 fully saturated rings. The topological polar surface area (TPSA) is 56.0 Å². The van der Waals surface area contributed by atoms with Crippen LogP contribution in [0.4, 0.5) is 0 Å². The van der Waals surface area contributed by atoms with Crippen molar-refractivity contribution < 1.29 is 4.52 Å². The van der Waals surface area contributed by atoms with E-state index in [0.717, 1.165) is 0 Å². The Balaban J connectivity index is 3.03. The molecule has 0 aliphatic carbocycles. The monoisotopic (exact) mass is 148 g/mol. The molecule has 1 aromatic carbocycles. The molecule has 1 heterocycles. The summed E-state index contributed by atoms with van der Waals surface area (Å²) in [6, 6.07) is 6.84. The summed E-state index contributed by atoms with van der Waals surface area (Å²) < 4.78 is 4.73. The highest BCUT2D eigenvalue weighted by atomic mass is 16.5. The number of nitrogens with zero attached hydrogens (tertiary/aromatic N) is 2. The molecule has 4 nitrogen and oxygen atoms in total. The Morgan fingerprint density at radius 2 is 2.09 bits per heavy atom. The predicted octanol–water partition coefficient (Wildman–Crippen LogP) is 0.583. The molecule has 0 bridgehead atoms. The molecule has 54 valence electrons.